The molecule has 0 heterocycles. The van der Waals surface area contributed by atoms with Gasteiger partial charge in [-0.15, -0.1) is 12.6 Å². The van der Waals surface area contributed by atoms with Crippen LogP contribution in [0.3, 0.4) is 0 Å². The number of nitrogens with zero attached hydrogens (tertiary/aromatic N) is 1. The standard InChI is InChI=1S/C8H6ClNO2S2/c1-5-2-3-7(13)6(4-10)8(5)14(9,11)12/h2-3,13H,1H3. The number of rotatable bonds is 1. The second kappa shape index (κ2) is 3.81. The molecular formula is C8H6ClNO2S2. The molecular weight excluding hydrogens is 242 g/mol. The second-order valence-corrected chi connectivity index (χ2v) is 5.64. The molecule has 0 aliphatic heterocycles. The van der Waals surface area contributed by atoms with Gasteiger partial charge in [0, 0.05) is 15.6 Å². The van der Waals surface area contributed by atoms with Crippen molar-refractivity contribution in [1.29, 1.82) is 5.26 Å². The van der Waals surface area contributed by atoms with E-state index in [1.54, 1.807) is 25.1 Å². The number of aryl methyl sites for hydroxylation is 1. The predicted molar refractivity (Wildman–Crippen MR) is 56.2 cm³/mol. The van der Waals surface area contributed by atoms with Crippen LogP contribution in [-0.2, 0) is 9.05 Å². The van der Waals surface area contributed by atoms with E-state index in [9.17, 15) is 8.42 Å². The van der Waals surface area contributed by atoms with Crippen molar-refractivity contribution in [3.05, 3.63) is 23.3 Å². The Morgan fingerprint density at radius 3 is 2.43 bits per heavy atom. The van der Waals surface area contributed by atoms with Gasteiger partial charge in [-0.05, 0) is 18.6 Å². The molecule has 0 fully saturated rings. The number of halogens is 1. The second-order valence-electron chi connectivity index (χ2n) is 2.66. The molecule has 0 saturated heterocycles. The van der Waals surface area contributed by atoms with Gasteiger partial charge >= 0.3 is 0 Å². The van der Waals surface area contributed by atoms with E-state index in [1.807, 2.05) is 0 Å². The van der Waals surface area contributed by atoms with E-state index in [-0.39, 0.29) is 10.5 Å². The summed E-state index contributed by atoms with van der Waals surface area (Å²) in [6, 6.07) is 4.88. The SMILES string of the molecule is Cc1ccc(S)c(C#N)c1S(=O)(=O)Cl. The lowest BCUT2D eigenvalue weighted by molar-refractivity contribution is 0.608. The smallest absolute Gasteiger partial charge is 0.207 e. The van der Waals surface area contributed by atoms with Crippen LogP contribution in [0.4, 0.5) is 0 Å². The van der Waals surface area contributed by atoms with Gasteiger partial charge in [0.1, 0.15) is 11.0 Å². The third kappa shape index (κ3) is 2.03. The lowest BCUT2D eigenvalue weighted by atomic mass is 10.1. The van der Waals surface area contributed by atoms with E-state index in [0.717, 1.165) is 0 Å². The third-order valence-corrected chi connectivity index (χ3v) is 3.54. The maximum absolute atomic E-state index is 11.2. The molecule has 0 radical (unpaired) electrons. The number of thiol groups is 1. The Kier molecular flexibility index (Phi) is 3.10. The van der Waals surface area contributed by atoms with Crippen molar-refractivity contribution in [1.82, 2.24) is 0 Å². The lowest BCUT2D eigenvalue weighted by Gasteiger charge is -2.05. The molecule has 0 aliphatic carbocycles. The maximum Gasteiger partial charge on any atom is 0.262 e. The van der Waals surface area contributed by atoms with Crippen molar-refractivity contribution in [2.75, 3.05) is 0 Å². The minimum absolute atomic E-state index is 0.0108. The summed E-state index contributed by atoms with van der Waals surface area (Å²) in [4.78, 5) is 0.145. The Balaban J connectivity index is 3.74. The third-order valence-electron chi connectivity index (χ3n) is 1.69. The van der Waals surface area contributed by atoms with E-state index < -0.39 is 9.05 Å². The zero-order chi connectivity index (χ0) is 10.9. The van der Waals surface area contributed by atoms with Crippen molar-refractivity contribution < 1.29 is 8.42 Å². The molecule has 6 heteroatoms. The van der Waals surface area contributed by atoms with Crippen LogP contribution in [0.1, 0.15) is 11.1 Å². The van der Waals surface area contributed by atoms with Gasteiger partial charge in [-0.3, -0.25) is 0 Å². The summed E-state index contributed by atoms with van der Waals surface area (Å²) >= 11 is 3.98. The average molecular weight is 248 g/mol. The van der Waals surface area contributed by atoms with Gasteiger partial charge in [-0.25, -0.2) is 8.42 Å². The van der Waals surface area contributed by atoms with E-state index in [1.165, 1.54) is 0 Å². The molecule has 0 bridgehead atoms. The highest BCUT2D eigenvalue weighted by Crippen LogP contribution is 2.27. The zero-order valence-corrected chi connectivity index (χ0v) is 9.62. The Hall–Kier alpha value is -0.700. The molecule has 0 spiro atoms. The Morgan fingerprint density at radius 1 is 1.50 bits per heavy atom. The highest BCUT2D eigenvalue weighted by Gasteiger charge is 2.20. The van der Waals surface area contributed by atoms with Gasteiger partial charge < -0.3 is 0 Å². The molecule has 0 aliphatic rings. The Bertz CT molecular complexity index is 517. The van der Waals surface area contributed by atoms with Crippen LogP contribution < -0.4 is 0 Å². The molecule has 1 aromatic carbocycles. The van der Waals surface area contributed by atoms with Gasteiger partial charge in [-0.1, -0.05) is 6.07 Å². The molecule has 14 heavy (non-hydrogen) atoms. The van der Waals surface area contributed by atoms with Crippen molar-refractivity contribution in [3.63, 3.8) is 0 Å². The van der Waals surface area contributed by atoms with Crippen LogP contribution in [0.2, 0.25) is 0 Å². The first-order chi connectivity index (χ1) is 6.38. The van der Waals surface area contributed by atoms with Gasteiger partial charge in [0.2, 0.25) is 0 Å². The molecule has 3 nitrogen and oxygen atoms in total. The first kappa shape index (κ1) is 11.4. The lowest BCUT2D eigenvalue weighted by Crippen LogP contribution is -1.99. The molecule has 1 aromatic rings. The highest BCUT2D eigenvalue weighted by atomic mass is 35.7. The predicted octanol–water partition coefficient (Wildman–Crippen LogP) is 2.08. The summed E-state index contributed by atoms with van der Waals surface area (Å²) in [5.41, 5.74) is 0.428. The summed E-state index contributed by atoms with van der Waals surface area (Å²) in [5, 5.41) is 8.77. The molecule has 0 atom stereocenters. The number of benzene rings is 1. The minimum Gasteiger partial charge on any atom is -0.207 e. The van der Waals surface area contributed by atoms with Crippen molar-refractivity contribution >= 4 is 32.4 Å². The zero-order valence-electron chi connectivity index (χ0n) is 7.15. The van der Waals surface area contributed by atoms with Crippen LogP contribution in [0.5, 0.6) is 0 Å². The quantitative estimate of drug-likeness (QED) is 0.611. The number of nitriles is 1. The fraction of sp³-hybridized carbons (Fsp3) is 0.125. The molecule has 0 saturated carbocycles. The summed E-state index contributed by atoms with van der Waals surface area (Å²) in [6.45, 7) is 1.57. The van der Waals surface area contributed by atoms with E-state index in [0.29, 0.717) is 10.5 Å². The van der Waals surface area contributed by atoms with Crippen molar-refractivity contribution in [2.24, 2.45) is 0 Å². The maximum atomic E-state index is 11.2. The first-order valence-corrected chi connectivity index (χ1v) is 6.31. The number of hydrogen-bond donors (Lipinski definition) is 1. The summed E-state index contributed by atoms with van der Waals surface area (Å²) < 4.78 is 22.3. The highest BCUT2D eigenvalue weighted by molar-refractivity contribution is 8.13. The minimum atomic E-state index is -3.90. The van der Waals surface area contributed by atoms with E-state index in [4.69, 9.17) is 15.9 Å². The fourth-order valence-electron chi connectivity index (χ4n) is 1.10. The van der Waals surface area contributed by atoms with Gasteiger partial charge in [0.15, 0.2) is 0 Å². The molecule has 0 amide bonds. The first-order valence-electron chi connectivity index (χ1n) is 3.55. The number of hydrogen-bond acceptors (Lipinski definition) is 4. The molecule has 0 N–H and O–H groups in total. The largest absolute Gasteiger partial charge is 0.262 e. The topological polar surface area (TPSA) is 57.9 Å². The molecule has 0 aromatic heterocycles. The molecule has 1 rings (SSSR count). The van der Waals surface area contributed by atoms with Crippen LogP contribution in [0.15, 0.2) is 21.9 Å². The Morgan fingerprint density at radius 2 is 2.07 bits per heavy atom. The van der Waals surface area contributed by atoms with E-state index >= 15 is 0 Å². The van der Waals surface area contributed by atoms with E-state index in [2.05, 4.69) is 12.6 Å². The van der Waals surface area contributed by atoms with Crippen molar-refractivity contribution in [3.8, 4) is 6.07 Å². The van der Waals surface area contributed by atoms with Crippen molar-refractivity contribution in [2.45, 2.75) is 16.7 Å². The Labute approximate surface area is 92.1 Å². The average Bonchev–Trinajstić information content (AvgIpc) is 2.06. The molecule has 74 valence electrons. The van der Waals surface area contributed by atoms with Crippen LogP contribution in [0, 0.1) is 18.3 Å². The molecule has 0 unspecified atom stereocenters. The summed E-state index contributed by atoms with van der Waals surface area (Å²) in [7, 11) is 1.31. The van der Waals surface area contributed by atoms with Crippen LogP contribution >= 0.6 is 23.3 Å². The van der Waals surface area contributed by atoms with Crippen LogP contribution in [-0.4, -0.2) is 8.42 Å². The van der Waals surface area contributed by atoms with Gasteiger partial charge in [0.25, 0.3) is 9.05 Å². The normalized spacial score (nSPS) is 11.0. The fourth-order valence-corrected chi connectivity index (χ4v) is 2.86. The van der Waals surface area contributed by atoms with Gasteiger partial charge in [0.05, 0.1) is 5.56 Å². The monoisotopic (exact) mass is 247 g/mol. The van der Waals surface area contributed by atoms with Crippen LogP contribution in [0.25, 0.3) is 0 Å². The summed E-state index contributed by atoms with van der Waals surface area (Å²) in [5.74, 6) is 0. The summed E-state index contributed by atoms with van der Waals surface area (Å²) in [6.07, 6.45) is 0. The van der Waals surface area contributed by atoms with Gasteiger partial charge in [-0.2, -0.15) is 5.26 Å².